The molecule has 3 rings (SSSR count). The molecule has 1 fully saturated rings. The van der Waals surface area contributed by atoms with Gasteiger partial charge in [-0.3, -0.25) is 19.1 Å². The van der Waals surface area contributed by atoms with Crippen LogP contribution in [0.2, 0.25) is 0 Å². The van der Waals surface area contributed by atoms with Crippen LogP contribution in [-0.4, -0.2) is 56.1 Å². The van der Waals surface area contributed by atoms with Gasteiger partial charge in [0.25, 0.3) is 11.5 Å². The second-order valence-corrected chi connectivity index (χ2v) is 7.76. The second kappa shape index (κ2) is 8.63. The lowest BCUT2D eigenvalue weighted by Gasteiger charge is -2.27. The van der Waals surface area contributed by atoms with Crippen LogP contribution >= 0.6 is 0 Å². The van der Waals surface area contributed by atoms with Crippen molar-refractivity contribution in [1.82, 2.24) is 24.1 Å². The predicted molar refractivity (Wildman–Crippen MR) is 110 cm³/mol. The lowest BCUT2D eigenvalue weighted by atomic mass is 10.1. The summed E-state index contributed by atoms with van der Waals surface area (Å²) in [6.45, 7) is 5.76. The molecule has 8 nitrogen and oxygen atoms in total. The van der Waals surface area contributed by atoms with Gasteiger partial charge in [-0.1, -0.05) is 0 Å². The lowest BCUT2D eigenvalue weighted by molar-refractivity contribution is -0.132. The normalized spacial score (nSPS) is 14.1. The number of amides is 2. The van der Waals surface area contributed by atoms with Gasteiger partial charge in [0.05, 0.1) is 11.3 Å². The van der Waals surface area contributed by atoms with E-state index in [-0.39, 0.29) is 23.9 Å². The average molecular weight is 399 g/mol. The predicted octanol–water partition coefficient (Wildman–Crippen LogP) is 1.48. The highest BCUT2D eigenvalue weighted by molar-refractivity contribution is 5.93. The van der Waals surface area contributed by atoms with Crippen molar-refractivity contribution in [3.05, 3.63) is 51.2 Å². The highest BCUT2D eigenvalue weighted by Crippen LogP contribution is 2.15. The Bertz CT molecular complexity index is 969. The van der Waals surface area contributed by atoms with Crippen molar-refractivity contribution in [2.45, 2.75) is 46.2 Å². The van der Waals surface area contributed by atoms with Crippen molar-refractivity contribution < 1.29 is 9.59 Å². The Morgan fingerprint density at radius 3 is 2.45 bits per heavy atom. The molecule has 2 aromatic rings. The number of rotatable bonds is 5. The number of likely N-dealkylation sites (tertiary alicyclic amines) is 1. The first-order valence-corrected chi connectivity index (χ1v) is 10.0. The summed E-state index contributed by atoms with van der Waals surface area (Å²) in [6, 6.07) is 2.87. The summed E-state index contributed by atoms with van der Waals surface area (Å²) >= 11 is 0. The molecule has 0 N–H and O–H groups in total. The zero-order valence-electron chi connectivity index (χ0n) is 17.6. The second-order valence-electron chi connectivity index (χ2n) is 7.76. The zero-order valence-corrected chi connectivity index (χ0v) is 17.6. The third-order valence-corrected chi connectivity index (χ3v) is 5.65. The molecule has 0 bridgehead atoms. The van der Waals surface area contributed by atoms with E-state index < -0.39 is 0 Å². The van der Waals surface area contributed by atoms with Gasteiger partial charge in [-0.25, -0.2) is 0 Å². The fraction of sp³-hybridized carbons (Fsp3) is 0.524. The molecule has 0 aromatic carbocycles. The molecular formula is C21H29N5O3. The minimum Gasteiger partial charge on any atom is -0.341 e. The first-order chi connectivity index (χ1) is 13.8. The minimum atomic E-state index is -0.284. The van der Waals surface area contributed by atoms with Crippen molar-refractivity contribution >= 4 is 11.8 Å². The number of hydrogen-bond donors (Lipinski definition) is 0. The minimum absolute atomic E-state index is 0.0372. The maximum atomic E-state index is 12.9. The first-order valence-electron chi connectivity index (χ1n) is 10.0. The zero-order chi connectivity index (χ0) is 21.1. The van der Waals surface area contributed by atoms with Crippen LogP contribution < -0.4 is 5.56 Å². The monoisotopic (exact) mass is 399 g/mol. The number of aryl methyl sites for hydroxylation is 2. The molecule has 1 aliphatic heterocycles. The van der Waals surface area contributed by atoms with E-state index in [0.29, 0.717) is 12.1 Å². The molecule has 3 heterocycles. The maximum absolute atomic E-state index is 12.9. The molecule has 2 aromatic heterocycles. The summed E-state index contributed by atoms with van der Waals surface area (Å²) in [4.78, 5) is 41.1. The van der Waals surface area contributed by atoms with Gasteiger partial charge >= 0.3 is 0 Å². The molecule has 0 radical (unpaired) electrons. The van der Waals surface area contributed by atoms with Gasteiger partial charge in [0, 0.05) is 57.3 Å². The van der Waals surface area contributed by atoms with Gasteiger partial charge in [0.1, 0.15) is 6.54 Å². The Kier molecular flexibility index (Phi) is 6.20. The summed E-state index contributed by atoms with van der Waals surface area (Å²) in [7, 11) is 3.60. The molecule has 8 heteroatoms. The number of carbonyl (C=O) groups is 2. The van der Waals surface area contributed by atoms with Gasteiger partial charge in [-0.05, 0) is 39.2 Å². The Balaban J connectivity index is 1.74. The maximum Gasteiger partial charge on any atom is 0.255 e. The Morgan fingerprint density at radius 1 is 1.14 bits per heavy atom. The van der Waals surface area contributed by atoms with Gasteiger partial charge in [0.2, 0.25) is 5.91 Å². The average Bonchev–Trinajstić information content (AvgIpc) is 2.95. The molecule has 0 spiro atoms. The van der Waals surface area contributed by atoms with Crippen molar-refractivity contribution in [2.24, 2.45) is 7.05 Å². The van der Waals surface area contributed by atoms with E-state index in [1.54, 1.807) is 21.5 Å². The standard InChI is InChI=1S/C21H29N5O3/c1-15-18(16(2)24(4)22-15)13-23(3)21(29)17-8-9-19(27)26(12-17)14-20(28)25-10-6-5-7-11-25/h8-9,12H,5-7,10-11,13-14H2,1-4H3. The number of nitrogens with zero attached hydrogens (tertiary/aromatic N) is 5. The van der Waals surface area contributed by atoms with Crippen LogP contribution in [0.3, 0.4) is 0 Å². The summed E-state index contributed by atoms with van der Waals surface area (Å²) in [5, 5.41) is 4.39. The van der Waals surface area contributed by atoms with Crippen molar-refractivity contribution in [3.8, 4) is 0 Å². The summed E-state index contributed by atoms with van der Waals surface area (Å²) in [6.07, 6.45) is 4.62. The number of hydrogen-bond acceptors (Lipinski definition) is 4. The van der Waals surface area contributed by atoms with Crippen LogP contribution in [-0.2, 0) is 24.9 Å². The first kappa shape index (κ1) is 20.8. The Morgan fingerprint density at radius 2 is 1.83 bits per heavy atom. The largest absolute Gasteiger partial charge is 0.341 e. The SMILES string of the molecule is Cc1nn(C)c(C)c1CN(C)C(=O)c1ccc(=O)n(CC(=O)N2CCCCC2)c1. The van der Waals surface area contributed by atoms with E-state index >= 15 is 0 Å². The third-order valence-electron chi connectivity index (χ3n) is 5.65. The molecule has 1 aliphatic rings. The van der Waals surface area contributed by atoms with Crippen molar-refractivity contribution in [3.63, 3.8) is 0 Å². The summed E-state index contributed by atoms with van der Waals surface area (Å²) in [5.41, 5.74) is 3.02. The molecule has 29 heavy (non-hydrogen) atoms. The van der Waals surface area contributed by atoms with Gasteiger partial charge in [-0.2, -0.15) is 5.10 Å². The summed E-state index contributed by atoms with van der Waals surface area (Å²) in [5.74, 6) is -0.279. The van der Waals surface area contributed by atoms with E-state index in [1.807, 2.05) is 20.9 Å². The number of aromatic nitrogens is 3. The van der Waals surface area contributed by atoms with Gasteiger partial charge in [0.15, 0.2) is 0 Å². The lowest BCUT2D eigenvalue weighted by Crippen LogP contribution is -2.39. The van der Waals surface area contributed by atoms with E-state index in [0.717, 1.165) is 49.3 Å². The Labute approximate surface area is 170 Å². The molecule has 1 saturated heterocycles. The fourth-order valence-electron chi connectivity index (χ4n) is 3.75. The topological polar surface area (TPSA) is 80.4 Å². The third kappa shape index (κ3) is 4.58. The molecule has 0 unspecified atom stereocenters. The van der Waals surface area contributed by atoms with Crippen LogP contribution in [0.5, 0.6) is 0 Å². The van der Waals surface area contributed by atoms with Crippen LogP contribution in [0, 0.1) is 13.8 Å². The van der Waals surface area contributed by atoms with Crippen LogP contribution in [0.25, 0.3) is 0 Å². The molecule has 156 valence electrons. The van der Waals surface area contributed by atoms with Crippen LogP contribution in [0.15, 0.2) is 23.1 Å². The van der Waals surface area contributed by atoms with Crippen LogP contribution in [0.4, 0.5) is 0 Å². The number of pyridine rings is 1. The molecule has 2 amide bonds. The Hall–Kier alpha value is -2.90. The van der Waals surface area contributed by atoms with E-state index in [2.05, 4.69) is 5.10 Å². The quantitative estimate of drug-likeness (QED) is 0.763. The number of carbonyl (C=O) groups excluding carboxylic acids is 2. The fourth-order valence-corrected chi connectivity index (χ4v) is 3.75. The van der Waals surface area contributed by atoms with E-state index in [4.69, 9.17) is 0 Å². The molecule has 0 aliphatic carbocycles. The molecule has 0 atom stereocenters. The highest BCUT2D eigenvalue weighted by atomic mass is 16.2. The van der Waals surface area contributed by atoms with Crippen molar-refractivity contribution in [2.75, 3.05) is 20.1 Å². The van der Waals surface area contributed by atoms with Gasteiger partial charge < -0.3 is 14.4 Å². The highest BCUT2D eigenvalue weighted by Gasteiger charge is 2.20. The smallest absolute Gasteiger partial charge is 0.255 e. The summed E-state index contributed by atoms with van der Waals surface area (Å²) < 4.78 is 3.13. The van der Waals surface area contributed by atoms with Crippen molar-refractivity contribution in [1.29, 1.82) is 0 Å². The molecular weight excluding hydrogens is 370 g/mol. The van der Waals surface area contributed by atoms with Crippen LogP contribution in [0.1, 0.15) is 46.6 Å². The van der Waals surface area contributed by atoms with E-state index in [9.17, 15) is 14.4 Å². The molecule has 0 saturated carbocycles. The van der Waals surface area contributed by atoms with E-state index in [1.165, 1.54) is 22.9 Å². The number of piperidine rings is 1. The van der Waals surface area contributed by atoms with Gasteiger partial charge in [-0.15, -0.1) is 0 Å².